The molecule has 0 amide bonds. The first-order chi connectivity index (χ1) is 18.1. The van der Waals surface area contributed by atoms with E-state index in [-0.39, 0.29) is 0 Å². The summed E-state index contributed by atoms with van der Waals surface area (Å²) in [7, 11) is 1.66. The van der Waals surface area contributed by atoms with Crippen LogP contribution in [0.5, 0.6) is 0 Å². The van der Waals surface area contributed by atoms with Crippen LogP contribution in [0.3, 0.4) is 0 Å². The van der Waals surface area contributed by atoms with Gasteiger partial charge in [0.1, 0.15) is 0 Å². The first-order valence-electron chi connectivity index (χ1n) is 14.6. The molecule has 6 heteroatoms. The molecular weight excluding hydrogens is 468 g/mol. The maximum Gasteiger partial charge on any atom is 0.0701 e. The van der Waals surface area contributed by atoms with E-state index in [0.29, 0.717) is 71.5 Å². The minimum atomic E-state index is 0.316. The van der Waals surface area contributed by atoms with Gasteiger partial charge >= 0.3 is 0 Å². The van der Waals surface area contributed by atoms with Crippen molar-refractivity contribution in [3.05, 3.63) is 34.9 Å². The normalized spacial score (nSPS) is 23.4. The highest BCUT2D eigenvalue weighted by Gasteiger charge is 2.44. The van der Waals surface area contributed by atoms with Crippen molar-refractivity contribution in [3.8, 4) is 0 Å². The molecule has 3 rings (SSSR count). The molecular formula is C31H52O6. The summed E-state index contributed by atoms with van der Waals surface area (Å²) >= 11 is 0. The summed E-state index contributed by atoms with van der Waals surface area (Å²) in [4.78, 5) is 0. The molecule has 2 aliphatic carbocycles. The molecule has 0 aromatic heterocycles. The van der Waals surface area contributed by atoms with Crippen molar-refractivity contribution in [2.75, 3.05) is 79.8 Å². The minimum Gasteiger partial charge on any atom is -0.382 e. The molecule has 37 heavy (non-hydrogen) atoms. The van der Waals surface area contributed by atoms with Crippen LogP contribution in [-0.4, -0.2) is 79.8 Å². The van der Waals surface area contributed by atoms with Crippen LogP contribution in [0.2, 0.25) is 0 Å². The number of hydrogen-bond acceptors (Lipinski definition) is 6. The fourth-order valence-electron chi connectivity index (χ4n) is 6.33. The largest absolute Gasteiger partial charge is 0.382 e. The number of rotatable bonds is 19. The highest BCUT2D eigenvalue weighted by atomic mass is 16.6. The highest BCUT2D eigenvalue weighted by molar-refractivity contribution is 5.41. The molecule has 2 aliphatic rings. The minimum absolute atomic E-state index is 0.316. The zero-order valence-corrected chi connectivity index (χ0v) is 23.8. The third-order valence-electron chi connectivity index (χ3n) is 8.24. The lowest BCUT2D eigenvalue weighted by molar-refractivity contribution is -0.0152. The summed E-state index contributed by atoms with van der Waals surface area (Å²) in [6, 6.07) is 7.21. The fraction of sp³-hybridized carbons (Fsp3) is 0.806. The van der Waals surface area contributed by atoms with Gasteiger partial charge in [0.2, 0.25) is 0 Å². The number of methoxy groups -OCH3 is 1. The number of aryl methyl sites for hydroxylation is 1. The van der Waals surface area contributed by atoms with E-state index in [2.05, 4.69) is 32.0 Å². The zero-order chi connectivity index (χ0) is 26.2. The third-order valence-corrected chi connectivity index (χ3v) is 8.24. The van der Waals surface area contributed by atoms with Gasteiger partial charge < -0.3 is 28.4 Å². The van der Waals surface area contributed by atoms with Crippen LogP contribution >= 0.6 is 0 Å². The predicted molar refractivity (Wildman–Crippen MR) is 148 cm³/mol. The van der Waals surface area contributed by atoms with Crippen molar-refractivity contribution in [2.45, 2.75) is 70.6 Å². The predicted octanol–water partition coefficient (Wildman–Crippen LogP) is 5.51. The molecule has 1 aromatic rings. The Kier molecular flexibility index (Phi) is 14.5. The van der Waals surface area contributed by atoms with Gasteiger partial charge in [-0.3, -0.25) is 0 Å². The number of fused-ring (bicyclic) bond motifs is 4. The van der Waals surface area contributed by atoms with Gasteiger partial charge in [0.05, 0.1) is 66.1 Å². The van der Waals surface area contributed by atoms with Gasteiger partial charge in [0, 0.05) is 13.7 Å². The molecule has 0 unspecified atom stereocenters. The Bertz CT molecular complexity index is 740. The van der Waals surface area contributed by atoms with Crippen LogP contribution < -0.4 is 0 Å². The topological polar surface area (TPSA) is 55.4 Å². The van der Waals surface area contributed by atoms with Crippen LogP contribution in [0.15, 0.2) is 18.2 Å². The molecule has 0 N–H and O–H groups in total. The molecule has 0 heterocycles. The summed E-state index contributed by atoms with van der Waals surface area (Å²) in [6.07, 6.45) is 10.5. The first kappa shape index (κ1) is 30.5. The Morgan fingerprint density at radius 2 is 1.35 bits per heavy atom. The molecule has 6 nitrogen and oxygen atoms in total. The van der Waals surface area contributed by atoms with Gasteiger partial charge in [-0.15, -0.1) is 0 Å². The number of ether oxygens (including phenoxy) is 6. The lowest BCUT2D eigenvalue weighted by Gasteiger charge is -2.49. The van der Waals surface area contributed by atoms with Gasteiger partial charge in [0.15, 0.2) is 0 Å². The summed E-state index contributed by atoms with van der Waals surface area (Å²) in [5.41, 5.74) is 4.98. The van der Waals surface area contributed by atoms with E-state index in [0.717, 1.165) is 24.9 Å². The van der Waals surface area contributed by atoms with E-state index in [9.17, 15) is 0 Å². The quantitative estimate of drug-likeness (QED) is 0.224. The molecule has 0 radical (unpaired) electrons. The first-order valence-corrected chi connectivity index (χ1v) is 14.6. The summed E-state index contributed by atoms with van der Waals surface area (Å²) in [5, 5.41) is 0. The lowest BCUT2D eigenvalue weighted by Crippen LogP contribution is -2.43. The van der Waals surface area contributed by atoms with E-state index < -0.39 is 0 Å². The van der Waals surface area contributed by atoms with Crippen LogP contribution in [0.25, 0.3) is 0 Å². The van der Waals surface area contributed by atoms with Gasteiger partial charge in [-0.1, -0.05) is 49.9 Å². The fourth-order valence-corrected chi connectivity index (χ4v) is 6.33. The molecule has 0 aliphatic heterocycles. The molecule has 0 saturated heterocycles. The van der Waals surface area contributed by atoms with Crippen LogP contribution in [0.4, 0.5) is 0 Å². The van der Waals surface area contributed by atoms with E-state index in [1.807, 2.05) is 0 Å². The SMILES string of the molecule is COCCOCCOCCOCCOCCOCCC[C@H]1[C@H]2CCCCC[C@]1(C)c1cc(C)ccc1C2. The molecule has 3 atom stereocenters. The molecule has 1 fully saturated rings. The van der Waals surface area contributed by atoms with Crippen molar-refractivity contribution in [1.82, 2.24) is 0 Å². The molecule has 212 valence electrons. The van der Waals surface area contributed by atoms with Gasteiger partial charge in [-0.25, -0.2) is 0 Å². The Labute approximate surface area is 225 Å². The lowest BCUT2D eigenvalue weighted by atomic mass is 9.55. The number of hydrogen-bond donors (Lipinski definition) is 0. The average Bonchev–Trinajstić information content (AvgIpc) is 2.89. The van der Waals surface area contributed by atoms with Crippen molar-refractivity contribution in [1.29, 1.82) is 0 Å². The maximum atomic E-state index is 5.93. The molecule has 2 bridgehead atoms. The van der Waals surface area contributed by atoms with E-state index in [4.69, 9.17) is 28.4 Å². The average molecular weight is 521 g/mol. The van der Waals surface area contributed by atoms with E-state index >= 15 is 0 Å². The van der Waals surface area contributed by atoms with E-state index in [1.165, 1.54) is 50.5 Å². The highest BCUT2D eigenvalue weighted by Crippen LogP contribution is 2.52. The smallest absolute Gasteiger partial charge is 0.0701 e. The monoisotopic (exact) mass is 520 g/mol. The van der Waals surface area contributed by atoms with Gasteiger partial charge in [-0.05, 0) is 67.4 Å². The molecule has 1 aromatic carbocycles. The molecule has 0 spiro atoms. The Morgan fingerprint density at radius 1 is 0.757 bits per heavy atom. The maximum absolute atomic E-state index is 5.93. The van der Waals surface area contributed by atoms with Crippen LogP contribution in [-0.2, 0) is 40.3 Å². The van der Waals surface area contributed by atoms with Crippen molar-refractivity contribution >= 4 is 0 Å². The van der Waals surface area contributed by atoms with Crippen molar-refractivity contribution < 1.29 is 28.4 Å². The van der Waals surface area contributed by atoms with Crippen LogP contribution in [0.1, 0.15) is 68.6 Å². The second-order valence-corrected chi connectivity index (χ2v) is 10.9. The summed E-state index contributed by atoms with van der Waals surface area (Å²) in [6.45, 7) is 11.6. The van der Waals surface area contributed by atoms with Gasteiger partial charge in [-0.2, -0.15) is 0 Å². The second kappa shape index (κ2) is 17.5. The zero-order valence-electron chi connectivity index (χ0n) is 23.8. The Morgan fingerprint density at radius 3 is 1.97 bits per heavy atom. The summed E-state index contributed by atoms with van der Waals surface area (Å²) < 4.78 is 32.8. The van der Waals surface area contributed by atoms with Crippen molar-refractivity contribution in [2.24, 2.45) is 11.8 Å². The summed E-state index contributed by atoms with van der Waals surface area (Å²) in [5.74, 6) is 1.59. The Hall–Kier alpha value is -1.02. The van der Waals surface area contributed by atoms with Crippen molar-refractivity contribution in [3.63, 3.8) is 0 Å². The van der Waals surface area contributed by atoms with Gasteiger partial charge in [0.25, 0.3) is 0 Å². The third kappa shape index (κ3) is 10.2. The number of benzene rings is 1. The second-order valence-electron chi connectivity index (χ2n) is 10.9. The standard InChI is InChI=1S/C31H52O6/c1-26-10-11-28-25-27-8-5-4-6-12-31(2,30(28)24-26)29(27)9-7-13-33-16-17-35-20-21-37-23-22-36-19-18-34-15-14-32-3/h10-11,24,27,29H,4-9,12-23,25H2,1-3H3/t27-,29-,31-/m0/s1. The Balaban J connectivity index is 1.22. The van der Waals surface area contributed by atoms with Crippen LogP contribution in [0, 0.1) is 18.8 Å². The molecule has 1 saturated carbocycles. The van der Waals surface area contributed by atoms with E-state index in [1.54, 1.807) is 18.2 Å².